The highest BCUT2D eigenvalue weighted by atomic mass is 32.1. The van der Waals surface area contributed by atoms with Crippen molar-refractivity contribution in [3.8, 4) is 5.75 Å². The van der Waals surface area contributed by atoms with Gasteiger partial charge in [-0.25, -0.2) is 9.78 Å². The maximum absolute atomic E-state index is 12.6. The molecule has 0 amide bonds. The maximum Gasteiger partial charge on any atom is 0.343 e. The topological polar surface area (TPSA) is 76.5 Å². The second kappa shape index (κ2) is 7.03. The van der Waals surface area contributed by atoms with Gasteiger partial charge in [0.2, 0.25) is 0 Å². The van der Waals surface area contributed by atoms with Crippen molar-refractivity contribution in [2.45, 2.75) is 20.3 Å². The Hall–Kier alpha value is -2.73. The van der Waals surface area contributed by atoms with E-state index in [0.717, 1.165) is 5.56 Å². The highest BCUT2D eigenvalue weighted by molar-refractivity contribution is 7.20. The van der Waals surface area contributed by atoms with Crippen LogP contribution in [0.2, 0.25) is 0 Å². The Bertz CT molecular complexity index is 947. The fraction of sp³-hybridized carbons (Fsp3) is 0.211. The number of ether oxygens (including phenoxy) is 1. The summed E-state index contributed by atoms with van der Waals surface area (Å²) < 4.78 is 4.93. The number of esters is 1. The van der Waals surface area contributed by atoms with Crippen molar-refractivity contribution in [1.29, 1.82) is 0 Å². The molecule has 6 heteroatoms. The van der Waals surface area contributed by atoms with E-state index in [4.69, 9.17) is 4.74 Å². The van der Waals surface area contributed by atoms with Crippen LogP contribution in [0.5, 0.6) is 5.75 Å². The molecule has 1 aromatic carbocycles. The summed E-state index contributed by atoms with van der Waals surface area (Å²) in [5, 5.41) is 10.9. The normalized spacial score (nSPS) is 10.8. The molecule has 0 fully saturated rings. The van der Waals surface area contributed by atoms with Gasteiger partial charge in [0.15, 0.2) is 5.78 Å². The summed E-state index contributed by atoms with van der Waals surface area (Å²) in [4.78, 5) is 29.9. The van der Waals surface area contributed by atoms with E-state index in [2.05, 4.69) is 4.98 Å². The number of hydrogen-bond donors (Lipinski definition) is 1. The van der Waals surface area contributed by atoms with Crippen LogP contribution in [0.3, 0.4) is 0 Å². The number of hydrogen-bond acceptors (Lipinski definition) is 6. The van der Waals surface area contributed by atoms with Gasteiger partial charge in [0, 0.05) is 12.6 Å². The van der Waals surface area contributed by atoms with Crippen molar-refractivity contribution < 1.29 is 19.4 Å². The highest BCUT2D eigenvalue weighted by Gasteiger charge is 2.23. The van der Waals surface area contributed by atoms with E-state index < -0.39 is 5.97 Å². The Morgan fingerprint density at radius 1 is 1.24 bits per heavy atom. The third-order valence-electron chi connectivity index (χ3n) is 3.89. The fourth-order valence-electron chi connectivity index (χ4n) is 2.67. The van der Waals surface area contributed by atoms with E-state index >= 15 is 0 Å². The summed E-state index contributed by atoms with van der Waals surface area (Å²) >= 11 is 1.23. The van der Waals surface area contributed by atoms with Crippen molar-refractivity contribution in [2.75, 3.05) is 6.61 Å². The summed E-state index contributed by atoms with van der Waals surface area (Å²) in [6.45, 7) is 3.66. The third kappa shape index (κ3) is 3.25. The molecular weight excluding hydrogens is 338 g/mol. The number of thiophene rings is 1. The van der Waals surface area contributed by atoms with Crippen molar-refractivity contribution in [1.82, 2.24) is 4.98 Å². The highest BCUT2D eigenvalue weighted by Crippen LogP contribution is 2.37. The van der Waals surface area contributed by atoms with Crippen LogP contribution in [-0.4, -0.2) is 28.4 Å². The molecule has 25 heavy (non-hydrogen) atoms. The Kier molecular flexibility index (Phi) is 4.81. The monoisotopic (exact) mass is 355 g/mol. The lowest BCUT2D eigenvalue weighted by molar-refractivity contribution is 0.0523. The van der Waals surface area contributed by atoms with Crippen LogP contribution in [0, 0.1) is 6.92 Å². The number of rotatable bonds is 5. The summed E-state index contributed by atoms with van der Waals surface area (Å²) in [5.41, 5.74) is 1.57. The van der Waals surface area contributed by atoms with Crippen LogP contribution < -0.4 is 0 Å². The molecule has 0 unspecified atom stereocenters. The van der Waals surface area contributed by atoms with Gasteiger partial charge in [0.05, 0.1) is 16.9 Å². The molecule has 0 aliphatic carbocycles. The lowest BCUT2D eigenvalue weighted by Crippen LogP contribution is -2.05. The Balaban J connectivity index is 2.01. The molecule has 0 aliphatic heterocycles. The van der Waals surface area contributed by atoms with Gasteiger partial charge < -0.3 is 9.84 Å². The molecule has 0 radical (unpaired) electrons. The third-order valence-corrected chi connectivity index (χ3v) is 5.13. The van der Waals surface area contributed by atoms with E-state index in [9.17, 15) is 14.7 Å². The fourth-order valence-corrected chi connectivity index (χ4v) is 3.76. The molecule has 0 saturated carbocycles. The number of aromatic hydroxyl groups is 1. The number of carbonyl (C=O) groups excluding carboxylic acids is 2. The lowest BCUT2D eigenvalue weighted by atomic mass is 10.0. The number of nitrogens with zero attached hydrogens (tertiary/aromatic N) is 1. The second-order valence-electron chi connectivity index (χ2n) is 5.56. The van der Waals surface area contributed by atoms with E-state index in [1.807, 2.05) is 30.3 Å². The first-order valence-corrected chi connectivity index (χ1v) is 8.69. The first-order chi connectivity index (χ1) is 12.0. The van der Waals surface area contributed by atoms with Gasteiger partial charge >= 0.3 is 5.97 Å². The van der Waals surface area contributed by atoms with Gasteiger partial charge in [-0.05, 0) is 25.0 Å². The molecule has 3 rings (SSSR count). The van der Waals surface area contributed by atoms with Gasteiger partial charge in [0.1, 0.15) is 16.1 Å². The van der Waals surface area contributed by atoms with Crippen LogP contribution >= 0.6 is 11.3 Å². The summed E-state index contributed by atoms with van der Waals surface area (Å²) in [5.74, 6) is -0.850. The first kappa shape index (κ1) is 17.1. The molecule has 1 N–H and O–H groups in total. The zero-order valence-corrected chi connectivity index (χ0v) is 14.7. The van der Waals surface area contributed by atoms with Crippen molar-refractivity contribution >= 4 is 33.3 Å². The van der Waals surface area contributed by atoms with Crippen LogP contribution in [-0.2, 0) is 11.2 Å². The molecule has 0 spiro atoms. The van der Waals surface area contributed by atoms with Crippen molar-refractivity contribution in [2.24, 2.45) is 0 Å². The smallest absolute Gasteiger partial charge is 0.343 e. The van der Waals surface area contributed by atoms with Crippen molar-refractivity contribution in [3.05, 3.63) is 58.1 Å². The van der Waals surface area contributed by atoms with E-state index in [0.29, 0.717) is 20.7 Å². The molecule has 0 aliphatic rings. The molecule has 0 atom stereocenters. The number of carbonyl (C=O) groups is 2. The average molecular weight is 355 g/mol. The number of ketones is 1. The van der Waals surface area contributed by atoms with Gasteiger partial charge in [-0.1, -0.05) is 30.3 Å². The predicted molar refractivity (Wildman–Crippen MR) is 96.5 cm³/mol. The standard InChI is InChI=1S/C19H17NO4S/c1-3-24-19(23)13-10-20-18-15(16(13)22)11(2)17(25-18)14(21)9-12-7-5-4-6-8-12/h4-8,10H,3,9H2,1-2H3,(H,20,22). The largest absolute Gasteiger partial charge is 0.506 e. The minimum Gasteiger partial charge on any atom is -0.506 e. The molecule has 5 nitrogen and oxygen atoms in total. The quantitative estimate of drug-likeness (QED) is 0.555. The Labute approximate surface area is 148 Å². The molecule has 2 aromatic heterocycles. The summed E-state index contributed by atoms with van der Waals surface area (Å²) in [6.07, 6.45) is 1.57. The Morgan fingerprint density at radius 2 is 1.96 bits per heavy atom. The lowest BCUT2D eigenvalue weighted by Gasteiger charge is -2.05. The predicted octanol–water partition coefficient (Wildman–Crippen LogP) is 3.91. The second-order valence-corrected chi connectivity index (χ2v) is 6.56. The molecule has 0 bridgehead atoms. The maximum atomic E-state index is 12.6. The molecule has 2 heterocycles. The zero-order valence-electron chi connectivity index (χ0n) is 13.9. The molecule has 128 valence electrons. The first-order valence-electron chi connectivity index (χ1n) is 7.88. The molecule has 3 aromatic rings. The van der Waals surface area contributed by atoms with Gasteiger partial charge in [-0.2, -0.15) is 0 Å². The zero-order chi connectivity index (χ0) is 18.0. The number of pyridine rings is 1. The molecular formula is C19H17NO4S. The Morgan fingerprint density at radius 3 is 2.64 bits per heavy atom. The van der Waals surface area contributed by atoms with Crippen LogP contribution in [0.1, 0.15) is 38.1 Å². The number of benzene rings is 1. The van der Waals surface area contributed by atoms with E-state index in [1.54, 1.807) is 13.8 Å². The average Bonchev–Trinajstić information content (AvgIpc) is 2.94. The van der Waals surface area contributed by atoms with Gasteiger partial charge in [0.25, 0.3) is 0 Å². The minimum atomic E-state index is -0.628. The van der Waals surface area contributed by atoms with E-state index in [1.165, 1.54) is 17.5 Å². The number of Topliss-reactive ketones (excluding diaryl/α,β-unsaturated/α-hetero) is 1. The van der Waals surface area contributed by atoms with Crippen molar-refractivity contribution in [3.63, 3.8) is 0 Å². The SMILES string of the molecule is CCOC(=O)c1cnc2sc(C(=O)Cc3ccccc3)c(C)c2c1O. The van der Waals surface area contributed by atoms with Gasteiger partial charge in [-0.15, -0.1) is 11.3 Å². The summed E-state index contributed by atoms with van der Waals surface area (Å²) in [7, 11) is 0. The number of aromatic nitrogens is 1. The van der Waals surface area contributed by atoms with Crippen LogP contribution in [0.25, 0.3) is 10.2 Å². The van der Waals surface area contributed by atoms with Crippen LogP contribution in [0.4, 0.5) is 0 Å². The minimum absolute atomic E-state index is 0.0114. The van der Waals surface area contributed by atoms with Gasteiger partial charge in [-0.3, -0.25) is 4.79 Å². The number of aryl methyl sites for hydroxylation is 1. The summed E-state index contributed by atoms with van der Waals surface area (Å²) in [6, 6.07) is 9.47. The molecule has 0 saturated heterocycles. The van der Waals surface area contributed by atoms with Crippen LogP contribution in [0.15, 0.2) is 36.5 Å². The number of fused-ring (bicyclic) bond motifs is 1. The van der Waals surface area contributed by atoms with E-state index in [-0.39, 0.29) is 30.1 Å².